The van der Waals surface area contributed by atoms with Gasteiger partial charge in [-0.25, -0.2) is 4.79 Å². The fourth-order valence-corrected chi connectivity index (χ4v) is 4.36. The molecule has 1 spiro atoms. The molecule has 2 aromatic rings. The van der Waals surface area contributed by atoms with Gasteiger partial charge in [0.05, 0.1) is 7.11 Å². The van der Waals surface area contributed by atoms with E-state index in [1.165, 1.54) is 7.11 Å². The maximum atomic E-state index is 13.2. The number of rotatable bonds is 2. The second kappa shape index (κ2) is 7.15. The van der Waals surface area contributed by atoms with E-state index in [4.69, 9.17) is 10.5 Å². The van der Waals surface area contributed by atoms with Gasteiger partial charge in [-0.2, -0.15) is 0 Å². The number of carbonyl (C=O) groups is 2. The number of nitrogen functional groups attached to an aromatic ring is 1. The van der Waals surface area contributed by atoms with Crippen LogP contribution in [0.25, 0.3) is 0 Å². The highest BCUT2D eigenvalue weighted by atomic mass is 16.5. The van der Waals surface area contributed by atoms with E-state index < -0.39 is 0 Å². The van der Waals surface area contributed by atoms with Crippen LogP contribution in [0, 0.1) is 5.41 Å². The standard InChI is InChI=1S/C23H24N2O3/c1-28-22(27)18-10-11-23(15-18)12-13-25(20-5-3-2-4-17(20)14-23)21(26)16-6-8-19(24)9-7-16/h2-9,15H,10-14,24H2,1H3. The number of anilines is 2. The van der Waals surface area contributed by atoms with E-state index in [1.54, 1.807) is 24.3 Å². The fraction of sp³-hybridized carbons (Fsp3) is 0.304. The molecular formula is C23H24N2O3. The molecule has 0 aromatic heterocycles. The molecule has 1 aliphatic heterocycles. The van der Waals surface area contributed by atoms with Crippen LogP contribution in [0.3, 0.4) is 0 Å². The summed E-state index contributed by atoms with van der Waals surface area (Å²) in [7, 11) is 1.42. The number of ether oxygens (including phenoxy) is 1. The Hall–Kier alpha value is -3.08. The van der Waals surface area contributed by atoms with Gasteiger partial charge in [0, 0.05) is 29.1 Å². The third kappa shape index (κ3) is 3.28. The molecule has 1 aliphatic carbocycles. The first-order valence-electron chi connectivity index (χ1n) is 9.57. The number of fused-ring (bicyclic) bond motifs is 1. The molecule has 0 saturated carbocycles. The number of benzene rings is 2. The van der Waals surface area contributed by atoms with Crippen molar-refractivity contribution >= 4 is 23.3 Å². The average molecular weight is 376 g/mol. The van der Waals surface area contributed by atoms with Crippen molar-refractivity contribution in [2.75, 3.05) is 24.3 Å². The van der Waals surface area contributed by atoms with Gasteiger partial charge in [-0.1, -0.05) is 24.3 Å². The minimum Gasteiger partial charge on any atom is -0.466 e. The first-order chi connectivity index (χ1) is 13.5. The molecule has 144 valence electrons. The molecule has 1 unspecified atom stereocenters. The fourth-order valence-electron chi connectivity index (χ4n) is 4.36. The zero-order chi connectivity index (χ0) is 19.7. The number of nitrogens with zero attached hydrogens (tertiary/aromatic N) is 1. The molecule has 4 rings (SSSR count). The number of amides is 1. The average Bonchev–Trinajstić information content (AvgIpc) is 3.05. The molecule has 0 saturated heterocycles. The van der Waals surface area contributed by atoms with Crippen LogP contribution < -0.4 is 10.6 Å². The highest BCUT2D eigenvalue weighted by Crippen LogP contribution is 2.46. The Morgan fingerprint density at radius 3 is 2.57 bits per heavy atom. The van der Waals surface area contributed by atoms with Gasteiger partial charge in [-0.3, -0.25) is 4.79 Å². The van der Waals surface area contributed by atoms with Crippen LogP contribution in [0.2, 0.25) is 0 Å². The summed E-state index contributed by atoms with van der Waals surface area (Å²) in [6, 6.07) is 15.1. The van der Waals surface area contributed by atoms with E-state index in [-0.39, 0.29) is 17.3 Å². The highest BCUT2D eigenvalue weighted by molar-refractivity contribution is 6.06. The summed E-state index contributed by atoms with van der Waals surface area (Å²) < 4.78 is 4.91. The van der Waals surface area contributed by atoms with Crippen molar-refractivity contribution in [1.29, 1.82) is 0 Å². The number of carbonyl (C=O) groups excluding carboxylic acids is 2. The van der Waals surface area contributed by atoms with Crippen molar-refractivity contribution in [1.82, 2.24) is 0 Å². The van der Waals surface area contributed by atoms with Crippen molar-refractivity contribution in [3.8, 4) is 0 Å². The van der Waals surface area contributed by atoms with Gasteiger partial charge in [-0.15, -0.1) is 0 Å². The van der Waals surface area contributed by atoms with E-state index in [1.807, 2.05) is 23.1 Å². The largest absolute Gasteiger partial charge is 0.466 e. The molecule has 0 bridgehead atoms. The van der Waals surface area contributed by atoms with E-state index in [0.717, 1.165) is 42.5 Å². The second-order valence-corrected chi connectivity index (χ2v) is 7.66. The summed E-state index contributed by atoms with van der Waals surface area (Å²) in [4.78, 5) is 27.1. The van der Waals surface area contributed by atoms with Crippen molar-refractivity contribution in [3.63, 3.8) is 0 Å². The van der Waals surface area contributed by atoms with Gasteiger partial charge < -0.3 is 15.4 Å². The summed E-state index contributed by atoms with van der Waals surface area (Å²) in [6.07, 6.45) is 5.33. The Bertz CT molecular complexity index is 949. The minimum atomic E-state index is -0.246. The number of hydrogen-bond acceptors (Lipinski definition) is 4. The first-order valence-corrected chi connectivity index (χ1v) is 9.57. The van der Waals surface area contributed by atoms with Gasteiger partial charge in [0.15, 0.2) is 0 Å². The lowest BCUT2D eigenvalue weighted by Crippen LogP contribution is -2.33. The normalized spacial score (nSPS) is 21.0. The van der Waals surface area contributed by atoms with Crippen molar-refractivity contribution < 1.29 is 14.3 Å². The summed E-state index contributed by atoms with van der Waals surface area (Å²) in [5.74, 6) is -0.274. The summed E-state index contributed by atoms with van der Waals surface area (Å²) in [5, 5.41) is 0. The third-order valence-electron chi connectivity index (χ3n) is 5.88. The lowest BCUT2D eigenvalue weighted by molar-refractivity contribution is -0.136. The Morgan fingerprint density at radius 2 is 1.82 bits per heavy atom. The zero-order valence-corrected chi connectivity index (χ0v) is 16.0. The van der Waals surface area contributed by atoms with Crippen LogP contribution in [0.4, 0.5) is 11.4 Å². The summed E-state index contributed by atoms with van der Waals surface area (Å²) in [5.41, 5.74) is 9.73. The van der Waals surface area contributed by atoms with Gasteiger partial charge >= 0.3 is 5.97 Å². The molecule has 2 N–H and O–H groups in total. The molecule has 1 atom stereocenters. The second-order valence-electron chi connectivity index (χ2n) is 7.66. The number of esters is 1. The van der Waals surface area contributed by atoms with Gasteiger partial charge in [0.1, 0.15) is 0 Å². The SMILES string of the molecule is COC(=O)C1=CC2(CC1)CCN(C(=O)c1ccc(N)cc1)c1ccccc1C2. The maximum Gasteiger partial charge on any atom is 0.333 e. The molecule has 2 aromatic carbocycles. The molecule has 5 heteroatoms. The Balaban J connectivity index is 1.69. The summed E-state index contributed by atoms with van der Waals surface area (Å²) in [6.45, 7) is 0.602. The van der Waals surface area contributed by atoms with Crippen LogP contribution in [-0.2, 0) is 16.0 Å². The number of para-hydroxylation sites is 1. The lowest BCUT2D eigenvalue weighted by Gasteiger charge is -2.26. The monoisotopic (exact) mass is 376 g/mol. The van der Waals surface area contributed by atoms with Gasteiger partial charge in [0.2, 0.25) is 0 Å². The van der Waals surface area contributed by atoms with Crippen molar-refractivity contribution in [2.24, 2.45) is 5.41 Å². The number of hydrogen-bond donors (Lipinski definition) is 1. The van der Waals surface area contributed by atoms with Crippen LogP contribution in [0.15, 0.2) is 60.2 Å². The predicted molar refractivity (Wildman–Crippen MR) is 109 cm³/mol. The van der Waals surface area contributed by atoms with Crippen LogP contribution in [-0.4, -0.2) is 25.5 Å². The van der Waals surface area contributed by atoms with Gasteiger partial charge in [0.25, 0.3) is 5.91 Å². The smallest absolute Gasteiger partial charge is 0.333 e. The van der Waals surface area contributed by atoms with E-state index in [0.29, 0.717) is 17.8 Å². The molecule has 1 amide bonds. The number of nitrogens with two attached hydrogens (primary N) is 1. The topological polar surface area (TPSA) is 72.6 Å². The third-order valence-corrected chi connectivity index (χ3v) is 5.88. The first kappa shape index (κ1) is 18.3. The highest BCUT2D eigenvalue weighted by Gasteiger charge is 2.39. The molecule has 0 radical (unpaired) electrons. The van der Waals surface area contributed by atoms with Crippen LogP contribution in [0.5, 0.6) is 0 Å². The van der Waals surface area contributed by atoms with Crippen LogP contribution in [0.1, 0.15) is 35.2 Å². The van der Waals surface area contributed by atoms with E-state index in [9.17, 15) is 9.59 Å². The minimum absolute atomic E-state index is 0.0281. The molecule has 5 nitrogen and oxygen atoms in total. The zero-order valence-electron chi connectivity index (χ0n) is 16.0. The Morgan fingerprint density at radius 1 is 1.07 bits per heavy atom. The molecular weight excluding hydrogens is 352 g/mol. The quantitative estimate of drug-likeness (QED) is 0.640. The molecule has 28 heavy (non-hydrogen) atoms. The number of methoxy groups -OCH3 is 1. The Kier molecular flexibility index (Phi) is 4.67. The molecule has 1 heterocycles. The van der Waals surface area contributed by atoms with Crippen molar-refractivity contribution in [2.45, 2.75) is 25.7 Å². The summed E-state index contributed by atoms with van der Waals surface area (Å²) >= 11 is 0. The lowest BCUT2D eigenvalue weighted by atomic mass is 9.79. The molecule has 2 aliphatic rings. The van der Waals surface area contributed by atoms with Gasteiger partial charge in [-0.05, 0) is 67.0 Å². The predicted octanol–water partition coefficient (Wildman–Crippen LogP) is 3.74. The van der Waals surface area contributed by atoms with E-state index in [2.05, 4.69) is 12.1 Å². The van der Waals surface area contributed by atoms with Crippen LogP contribution >= 0.6 is 0 Å². The van der Waals surface area contributed by atoms with E-state index >= 15 is 0 Å². The molecule has 0 fully saturated rings. The Labute approximate surface area is 164 Å². The number of allylic oxidation sites excluding steroid dienone is 1. The van der Waals surface area contributed by atoms with Crippen molar-refractivity contribution in [3.05, 3.63) is 71.3 Å². The maximum absolute atomic E-state index is 13.2.